The maximum absolute atomic E-state index is 12.0. The van der Waals surface area contributed by atoms with E-state index in [2.05, 4.69) is 4.72 Å². The summed E-state index contributed by atoms with van der Waals surface area (Å²) in [5, 5.41) is 0.485. The van der Waals surface area contributed by atoms with E-state index in [1.807, 2.05) is 0 Å². The van der Waals surface area contributed by atoms with Crippen LogP contribution in [0.4, 0.5) is 0 Å². The molecule has 142 valence electrons. The summed E-state index contributed by atoms with van der Waals surface area (Å²) in [6.07, 6.45) is 3.07. The van der Waals surface area contributed by atoms with Crippen LogP contribution in [-0.2, 0) is 30.4 Å². The number of sulfonamides is 1. The van der Waals surface area contributed by atoms with Crippen LogP contribution >= 0.6 is 11.6 Å². The fourth-order valence-corrected chi connectivity index (χ4v) is 4.27. The summed E-state index contributed by atoms with van der Waals surface area (Å²) in [5.41, 5.74) is 0. The van der Waals surface area contributed by atoms with E-state index in [9.17, 15) is 17.4 Å². The predicted octanol–water partition coefficient (Wildman–Crippen LogP) is 2.49. The Morgan fingerprint density at radius 1 is 1.16 bits per heavy atom. The molecule has 1 rings (SSSR count). The van der Waals surface area contributed by atoms with Crippen molar-refractivity contribution in [1.29, 1.82) is 0 Å². The molecule has 6 nitrogen and oxygen atoms in total. The second-order valence-electron chi connectivity index (χ2n) is 5.36. The molecule has 0 amide bonds. The number of rotatable bonds is 12. The highest BCUT2D eigenvalue weighted by Gasteiger charge is 2.12. The van der Waals surface area contributed by atoms with Gasteiger partial charge in [0.25, 0.3) is 0 Å². The number of esters is 1. The molecule has 1 atom stereocenters. The van der Waals surface area contributed by atoms with E-state index in [-0.39, 0.29) is 10.6 Å². The molecule has 9 heteroatoms. The van der Waals surface area contributed by atoms with Gasteiger partial charge < -0.3 is 4.74 Å². The molecule has 0 saturated heterocycles. The zero-order valence-corrected chi connectivity index (χ0v) is 16.6. The van der Waals surface area contributed by atoms with E-state index in [4.69, 9.17) is 16.3 Å². The molecule has 0 aliphatic rings. The first-order valence-corrected chi connectivity index (χ1v) is 11.5. The third-order valence-electron chi connectivity index (χ3n) is 3.30. The topological polar surface area (TPSA) is 89.5 Å². The van der Waals surface area contributed by atoms with E-state index in [1.165, 1.54) is 24.3 Å². The van der Waals surface area contributed by atoms with Gasteiger partial charge in [-0.15, -0.1) is 0 Å². The Balaban J connectivity index is 2.15. The molecule has 1 aromatic carbocycles. The number of unbranched alkanes of at least 4 members (excludes halogenated alkanes) is 3. The first-order chi connectivity index (χ1) is 11.8. The maximum Gasteiger partial charge on any atom is 0.318 e. The number of halogens is 1. The Morgan fingerprint density at radius 3 is 2.44 bits per heavy atom. The van der Waals surface area contributed by atoms with Gasteiger partial charge in [-0.2, -0.15) is 0 Å². The van der Waals surface area contributed by atoms with Crippen LogP contribution in [0.3, 0.4) is 0 Å². The van der Waals surface area contributed by atoms with Crippen LogP contribution < -0.4 is 4.72 Å². The zero-order chi connectivity index (χ0) is 18.7. The normalized spacial score (nSPS) is 12.7. The highest BCUT2D eigenvalue weighted by molar-refractivity contribution is 7.89. The molecule has 0 aromatic heterocycles. The Hall–Kier alpha value is -0.960. The molecular formula is C16H24ClNO5S2. The number of hydrogen-bond acceptors (Lipinski definition) is 5. The number of hydrogen-bond donors (Lipinski definition) is 1. The van der Waals surface area contributed by atoms with Gasteiger partial charge in [0.05, 0.1) is 11.5 Å². The summed E-state index contributed by atoms with van der Waals surface area (Å²) in [4.78, 5) is 11.4. The number of ether oxygens (including phenoxy) is 1. The molecule has 0 fully saturated rings. The smallest absolute Gasteiger partial charge is 0.318 e. The van der Waals surface area contributed by atoms with Gasteiger partial charge in [-0.25, -0.2) is 13.1 Å². The van der Waals surface area contributed by atoms with E-state index in [0.717, 1.165) is 19.3 Å². The summed E-state index contributed by atoms with van der Waals surface area (Å²) in [6, 6.07) is 5.99. The summed E-state index contributed by atoms with van der Waals surface area (Å²) in [5.74, 6) is -0.0400. The summed E-state index contributed by atoms with van der Waals surface area (Å²) >= 11 is 5.74. The summed E-state index contributed by atoms with van der Waals surface area (Å²) in [6.45, 7) is 2.35. The van der Waals surface area contributed by atoms with Crippen LogP contribution in [0.1, 0.15) is 32.6 Å². The lowest BCUT2D eigenvalue weighted by Gasteiger charge is -2.07. The Labute approximate surface area is 156 Å². The molecule has 25 heavy (non-hydrogen) atoms. The van der Waals surface area contributed by atoms with Crippen LogP contribution in [0, 0.1) is 0 Å². The van der Waals surface area contributed by atoms with Gasteiger partial charge in [-0.05, 0) is 44.0 Å². The standard InChI is InChI=1S/C16H24ClNO5S2/c1-2-23-16(19)13-24(20)12-6-4-3-5-11-18-25(21,22)15-9-7-14(17)8-10-15/h7-10,18H,2-6,11-13H2,1H3. The Kier molecular flexibility index (Phi) is 10.3. The lowest BCUT2D eigenvalue weighted by atomic mass is 10.2. The predicted molar refractivity (Wildman–Crippen MR) is 99.6 cm³/mol. The lowest BCUT2D eigenvalue weighted by molar-refractivity contribution is -0.139. The average molecular weight is 410 g/mol. The van der Waals surface area contributed by atoms with Crippen LogP contribution in [-0.4, -0.2) is 43.3 Å². The monoisotopic (exact) mass is 409 g/mol. The van der Waals surface area contributed by atoms with Gasteiger partial charge >= 0.3 is 5.97 Å². The molecule has 0 bridgehead atoms. The van der Waals surface area contributed by atoms with E-state index >= 15 is 0 Å². The van der Waals surface area contributed by atoms with Gasteiger partial charge in [0, 0.05) is 28.1 Å². The molecule has 0 spiro atoms. The maximum atomic E-state index is 12.0. The quantitative estimate of drug-likeness (QED) is 0.423. The minimum Gasteiger partial charge on any atom is -0.465 e. The number of benzene rings is 1. The first-order valence-electron chi connectivity index (χ1n) is 8.11. The van der Waals surface area contributed by atoms with Crippen molar-refractivity contribution >= 4 is 38.4 Å². The highest BCUT2D eigenvalue weighted by atomic mass is 35.5. The van der Waals surface area contributed by atoms with Crippen molar-refractivity contribution in [3.05, 3.63) is 29.3 Å². The molecule has 1 unspecified atom stereocenters. The van der Waals surface area contributed by atoms with E-state index in [1.54, 1.807) is 6.92 Å². The molecule has 0 radical (unpaired) electrons. The number of carbonyl (C=O) groups excluding carboxylic acids is 1. The third kappa shape index (κ3) is 9.34. The molecular weight excluding hydrogens is 386 g/mol. The second kappa shape index (κ2) is 11.6. The second-order valence-corrected chi connectivity index (χ2v) is 9.14. The van der Waals surface area contributed by atoms with Crippen LogP contribution in [0.5, 0.6) is 0 Å². The van der Waals surface area contributed by atoms with Crippen LogP contribution in [0.25, 0.3) is 0 Å². The number of nitrogens with one attached hydrogen (secondary N) is 1. The SMILES string of the molecule is CCOC(=O)CS(=O)CCCCCCNS(=O)(=O)c1ccc(Cl)cc1. The van der Waals surface area contributed by atoms with Gasteiger partial charge in [0.15, 0.2) is 0 Å². The van der Waals surface area contributed by atoms with Gasteiger partial charge in [-0.1, -0.05) is 24.4 Å². The lowest BCUT2D eigenvalue weighted by Crippen LogP contribution is -2.24. The van der Waals surface area contributed by atoms with Crippen molar-refractivity contribution in [2.45, 2.75) is 37.5 Å². The van der Waals surface area contributed by atoms with Crippen molar-refractivity contribution < 1.29 is 22.2 Å². The van der Waals surface area contributed by atoms with Crippen molar-refractivity contribution in [1.82, 2.24) is 4.72 Å². The minimum absolute atomic E-state index is 0.0608. The van der Waals surface area contributed by atoms with E-state index < -0.39 is 26.8 Å². The summed E-state index contributed by atoms with van der Waals surface area (Å²) < 4.78 is 43.0. The Morgan fingerprint density at radius 2 is 1.80 bits per heavy atom. The van der Waals surface area contributed by atoms with Gasteiger partial charge in [-0.3, -0.25) is 9.00 Å². The molecule has 0 aliphatic carbocycles. The van der Waals surface area contributed by atoms with E-state index in [0.29, 0.717) is 30.3 Å². The fourth-order valence-electron chi connectivity index (χ4n) is 2.05. The van der Waals surface area contributed by atoms with Crippen LogP contribution in [0.15, 0.2) is 29.2 Å². The van der Waals surface area contributed by atoms with Crippen molar-refractivity contribution in [3.63, 3.8) is 0 Å². The van der Waals surface area contributed by atoms with Crippen molar-refractivity contribution in [2.24, 2.45) is 0 Å². The zero-order valence-electron chi connectivity index (χ0n) is 14.2. The number of carbonyl (C=O) groups is 1. The molecule has 1 aromatic rings. The van der Waals surface area contributed by atoms with Gasteiger partial charge in [0.2, 0.25) is 10.0 Å². The largest absolute Gasteiger partial charge is 0.465 e. The molecule has 0 heterocycles. The highest BCUT2D eigenvalue weighted by Crippen LogP contribution is 2.13. The Bertz CT molecular complexity index is 662. The fraction of sp³-hybridized carbons (Fsp3) is 0.562. The molecule has 0 saturated carbocycles. The van der Waals surface area contributed by atoms with Crippen LogP contribution in [0.2, 0.25) is 5.02 Å². The van der Waals surface area contributed by atoms with Crippen molar-refractivity contribution in [3.8, 4) is 0 Å². The van der Waals surface area contributed by atoms with Crippen molar-refractivity contribution in [2.75, 3.05) is 24.7 Å². The first kappa shape index (κ1) is 22.1. The third-order valence-corrected chi connectivity index (χ3v) is 6.33. The molecule has 0 aliphatic heterocycles. The summed E-state index contributed by atoms with van der Waals surface area (Å²) in [7, 11) is -4.71. The minimum atomic E-state index is -3.51. The molecule has 1 N–H and O–H groups in total. The van der Waals surface area contributed by atoms with Gasteiger partial charge in [0.1, 0.15) is 5.75 Å². The average Bonchev–Trinajstić information content (AvgIpc) is 2.54.